The van der Waals surface area contributed by atoms with Crippen LogP contribution in [0.4, 0.5) is 16.0 Å². The minimum Gasteiger partial charge on any atom is -0.357 e. The summed E-state index contributed by atoms with van der Waals surface area (Å²) in [6.07, 6.45) is 2.27. The summed E-state index contributed by atoms with van der Waals surface area (Å²) in [5.41, 5.74) is -0.0515. The minimum atomic E-state index is -3.93. The van der Waals surface area contributed by atoms with Gasteiger partial charge in [0.15, 0.2) is 0 Å². The first-order chi connectivity index (χ1) is 9.42. The van der Waals surface area contributed by atoms with Gasteiger partial charge in [-0.1, -0.05) is 11.6 Å². The molecule has 0 aliphatic heterocycles. The molecule has 0 bridgehead atoms. The molecular formula is C11H10ClFN4O2S. The largest absolute Gasteiger partial charge is 0.357 e. The SMILES string of the molecule is CNc1ncc(S(=O)(=O)Nc2cc(F)ccc2Cl)cn1. The Hall–Kier alpha value is -1.93. The van der Waals surface area contributed by atoms with Gasteiger partial charge in [0.05, 0.1) is 23.1 Å². The van der Waals surface area contributed by atoms with E-state index in [0.29, 0.717) is 0 Å². The van der Waals surface area contributed by atoms with Gasteiger partial charge in [-0.2, -0.15) is 0 Å². The molecule has 1 heterocycles. The smallest absolute Gasteiger partial charge is 0.265 e. The summed E-state index contributed by atoms with van der Waals surface area (Å²) in [6.45, 7) is 0. The molecule has 0 aliphatic rings. The van der Waals surface area contributed by atoms with Gasteiger partial charge in [0.2, 0.25) is 5.95 Å². The highest BCUT2D eigenvalue weighted by molar-refractivity contribution is 7.92. The molecule has 0 atom stereocenters. The molecule has 106 valence electrons. The van der Waals surface area contributed by atoms with E-state index >= 15 is 0 Å². The lowest BCUT2D eigenvalue weighted by Crippen LogP contribution is -2.14. The zero-order chi connectivity index (χ0) is 14.8. The Morgan fingerprint density at radius 1 is 1.25 bits per heavy atom. The van der Waals surface area contributed by atoms with Crippen LogP contribution in [0.5, 0.6) is 0 Å². The van der Waals surface area contributed by atoms with Crippen molar-refractivity contribution in [2.45, 2.75) is 4.90 Å². The number of nitrogens with one attached hydrogen (secondary N) is 2. The lowest BCUT2D eigenvalue weighted by atomic mass is 10.3. The van der Waals surface area contributed by atoms with Gasteiger partial charge in [-0.05, 0) is 18.2 Å². The Morgan fingerprint density at radius 2 is 1.90 bits per heavy atom. The molecule has 0 unspecified atom stereocenters. The van der Waals surface area contributed by atoms with Gasteiger partial charge in [0.25, 0.3) is 10.0 Å². The van der Waals surface area contributed by atoms with Crippen molar-refractivity contribution in [2.24, 2.45) is 0 Å². The third kappa shape index (κ3) is 3.14. The fourth-order valence-electron chi connectivity index (χ4n) is 1.36. The van der Waals surface area contributed by atoms with Gasteiger partial charge in [-0.15, -0.1) is 0 Å². The van der Waals surface area contributed by atoms with Crippen molar-refractivity contribution in [2.75, 3.05) is 17.1 Å². The number of hydrogen-bond acceptors (Lipinski definition) is 5. The molecule has 0 aliphatic carbocycles. The van der Waals surface area contributed by atoms with Crippen LogP contribution in [0.3, 0.4) is 0 Å². The maximum Gasteiger partial charge on any atom is 0.265 e. The summed E-state index contributed by atoms with van der Waals surface area (Å²) in [5.74, 6) is -0.318. The van der Waals surface area contributed by atoms with Crippen LogP contribution in [0, 0.1) is 5.82 Å². The van der Waals surface area contributed by atoms with Gasteiger partial charge >= 0.3 is 0 Å². The number of sulfonamides is 1. The first kappa shape index (κ1) is 14.5. The Morgan fingerprint density at radius 3 is 2.50 bits per heavy atom. The van der Waals surface area contributed by atoms with E-state index in [1.54, 1.807) is 7.05 Å². The maximum absolute atomic E-state index is 13.1. The molecule has 0 spiro atoms. The second kappa shape index (κ2) is 5.59. The highest BCUT2D eigenvalue weighted by atomic mass is 35.5. The average Bonchev–Trinajstić information content (AvgIpc) is 2.43. The van der Waals surface area contributed by atoms with Crippen LogP contribution in [0.1, 0.15) is 0 Å². The molecule has 0 fully saturated rings. The number of nitrogens with zero attached hydrogens (tertiary/aromatic N) is 2. The van der Waals surface area contributed by atoms with Crippen LogP contribution in [-0.2, 0) is 10.0 Å². The number of hydrogen-bond donors (Lipinski definition) is 2. The van der Waals surface area contributed by atoms with Crippen LogP contribution in [0.2, 0.25) is 5.02 Å². The Labute approximate surface area is 120 Å². The molecule has 2 aromatic rings. The van der Waals surface area contributed by atoms with Crippen molar-refractivity contribution in [3.63, 3.8) is 0 Å². The molecule has 0 saturated carbocycles. The van der Waals surface area contributed by atoms with Crippen molar-refractivity contribution in [3.05, 3.63) is 41.4 Å². The van der Waals surface area contributed by atoms with Gasteiger partial charge in [0.1, 0.15) is 10.7 Å². The maximum atomic E-state index is 13.1. The molecule has 2 rings (SSSR count). The second-order valence-corrected chi connectivity index (χ2v) is 5.81. The zero-order valence-electron chi connectivity index (χ0n) is 10.3. The normalized spacial score (nSPS) is 11.2. The van der Waals surface area contributed by atoms with E-state index in [0.717, 1.165) is 24.5 Å². The lowest BCUT2D eigenvalue weighted by molar-refractivity contribution is 0.600. The fourth-order valence-corrected chi connectivity index (χ4v) is 2.54. The molecule has 1 aromatic heterocycles. The highest BCUT2D eigenvalue weighted by Crippen LogP contribution is 2.25. The summed E-state index contributed by atoms with van der Waals surface area (Å²) < 4.78 is 39.4. The van der Waals surface area contributed by atoms with E-state index in [4.69, 9.17) is 11.6 Å². The van der Waals surface area contributed by atoms with Crippen LogP contribution < -0.4 is 10.0 Å². The van der Waals surface area contributed by atoms with E-state index in [-0.39, 0.29) is 21.6 Å². The summed E-state index contributed by atoms with van der Waals surface area (Å²) in [7, 11) is -2.33. The van der Waals surface area contributed by atoms with Gasteiger partial charge in [0, 0.05) is 7.05 Å². The fraction of sp³-hybridized carbons (Fsp3) is 0.0909. The molecule has 6 nitrogen and oxygen atoms in total. The number of aromatic nitrogens is 2. The van der Waals surface area contributed by atoms with E-state index < -0.39 is 15.8 Å². The molecule has 0 saturated heterocycles. The number of halogens is 2. The van der Waals surface area contributed by atoms with Crippen molar-refractivity contribution >= 4 is 33.3 Å². The van der Waals surface area contributed by atoms with E-state index in [1.165, 1.54) is 6.07 Å². The van der Waals surface area contributed by atoms with Crippen LogP contribution >= 0.6 is 11.6 Å². The first-order valence-corrected chi connectivity index (χ1v) is 7.26. The Kier molecular flexibility index (Phi) is 4.05. The molecule has 9 heteroatoms. The summed E-state index contributed by atoms with van der Waals surface area (Å²) >= 11 is 5.80. The van der Waals surface area contributed by atoms with Gasteiger partial charge in [-0.25, -0.2) is 22.8 Å². The molecule has 0 radical (unpaired) electrons. The lowest BCUT2D eigenvalue weighted by Gasteiger charge is -2.09. The van der Waals surface area contributed by atoms with E-state index in [2.05, 4.69) is 20.0 Å². The Balaban J connectivity index is 2.32. The van der Waals surface area contributed by atoms with Gasteiger partial charge < -0.3 is 5.32 Å². The summed E-state index contributed by atoms with van der Waals surface area (Å²) in [6, 6.07) is 3.38. The summed E-state index contributed by atoms with van der Waals surface area (Å²) in [4.78, 5) is 7.44. The standard InChI is InChI=1S/C11H10ClFN4O2S/c1-14-11-15-5-8(6-16-11)20(18,19)17-10-4-7(13)2-3-9(10)12/h2-6,17H,1H3,(H,14,15,16). The zero-order valence-corrected chi connectivity index (χ0v) is 11.8. The second-order valence-electron chi connectivity index (χ2n) is 3.72. The van der Waals surface area contributed by atoms with Gasteiger partial charge in [-0.3, -0.25) is 4.72 Å². The average molecular weight is 317 g/mol. The van der Waals surface area contributed by atoms with Crippen molar-refractivity contribution in [1.82, 2.24) is 9.97 Å². The number of anilines is 2. The number of rotatable bonds is 4. The van der Waals surface area contributed by atoms with E-state index in [1.807, 2.05) is 0 Å². The highest BCUT2D eigenvalue weighted by Gasteiger charge is 2.17. The third-order valence-corrected chi connectivity index (χ3v) is 3.98. The summed E-state index contributed by atoms with van der Waals surface area (Å²) in [5, 5.41) is 2.75. The van der Waals surface area contributed by atoms with Crippen LogP contribution in [0.25, 0.3) is 0 Å². The predicted octanol–water partition coefficient (Wildman–Crippen LogP) is 2.11. The van der Waals surface area contributed by atoms with Crippen molar-refractivity contribution in [3.8, 4) is 0 Å². The first-order valence-electron chi connectivity index (χ1n) is 5.40. The molecule has 2 N–H and O–H groups in total. The molecule has 1 aromatic carbocycles. The topological polar surface area (TPSA) is 84.0 Å². The van der Waals surface area contributed by atoms with E-state index in [9.17, 15) is 12.8 Å². The van der Waals surface area contributed by atoms with Crippen molar-refractivity contribution < 1.29 is 12.8 Å². The van der Waals surface area contributed by atoms with Crippen LogP contribution in [0.15, 0.2) is 35.5 Å². The molecule has 0 amide bonds. The minimum absolute atomic E-state index is 0.0515. The quantitative estimate of drug-likeness (QED) is 0.902. The monoisotopic (exact) mass is 316 g/mol. The Bertz CT molecular complexity index is 722. The third-order valence-electron chi connectivity index (χ3n) is 2.33. The predicted molar refractivity (Wildman–Crippen MR) is 73.8 cm³/mol. The molecular weight excluding hydrogens is 307 g/mol. The van der Waals surface area contributed by atoms with Crippen molar-refractivity contribution in [1.29, 1.82) is 0 Å². The van der Waals surface area contributed by atoms with Crippen LogP contribution in [-0.4, -0.2) is 25.4 Å². The molecule has 20 heavy (non-hydrogen) atoms. The number of benzene rings is 1.